The molecule has 11 heteroatoms. The first-order valence-electron chi connectivity index (χ1n) is 12.3. The molecule has 4 rings (SSSR count). The molecule has 3 heterocycles. The second-order valence-electron chi connectivity index (χ2n) is 9.11. The SMILES string of the molecule is COCCNC(=O)c1cc(CN2CCO[C@@H](C)C2)ccc1NC(=O)c1csc(N2CC[C@H](OC)C2)n1. The molecule has 0 bridgehead atoms. The molecule has 0 unspecified atom stereocenters. The summed E-state index contributed by atoms with van der Waals surface area (Å²) in [6.45, 7) is 7.52. The summed E-state index contributed by atoms with van der Waals surface area (Å²) in [4.78, 5) is 35.0. The van der Waals surface area contributed by atoms with Crippen molar-refractivity contribution in [3.63, 3.8) is 0 Å². The third-order valence-electron chi connectivity index (χ3n) is 6.37. The zero-order valence-corrected chi connectivity index (χ0v) is 21.9. The molecule has 1 aromatic heterocycles. The van der Waals surface area contributed by atoms with E-state index in [-0.39, 0.29) is 24.0 Å². The summed E-state index contributed by atoms with van der Waals surface area (Å²) in [5.74, 6) is -0.609. The Bertz CT molecular complexity index is 1050. The van der Waals surface area contributed by atoms with Gasteiger partial charge in [-0.2, -0.15) is 0 Å². The molecule has 0 radical (unpaired) electrons. The molecule has 36 heavy (non-hydrogen) atoms. The highest BCUT2D eigenvalue weighted by atomic mass is 32.1. The molecular formula is C25H35N5O5S. The summed E-state index contributed by atoms with van der Waals surface area (Å²) in [5.41, 5.74) is 2.19. The van der Waals surface area contributed by atoms with Crippen molar-refractivity contribution in [1.82, 2.24) is 15.2 Å². The van der Waals surface area contributed by atoms with Crippen LogP contribution in [-0.4, -0.2) is 94.1 Å². The van der Waals surface area contributed by atoms with Crippen LogP contribution in [0.15, 0.2) is 23.6 Å². The van der Waals surface area contributed by atoms with Gasteiger partial charge in [0.25, 0.3) is 11.8 Å². The smallest absolute Gasteiger partial charge is 0.275 e. The van der Waals surface area contributed by atoms with E-state index in [1.165, 1.54) is 11.3 Å². The Labute approximate surface area is 215 Å². The maximum Gasteiger partial charge on any atom is 0.275 e. The normalized spacial score (nSPS) is 20.5. The van der Waals surface area contributed by atoms with Crippen molar-refractivity contribution in [3.8, 4) is 0 Å². The van der Waals surface area contributed by atoms with Crippen molar-refractivity contribution < 1.29 is 23.8 Å². The minimum Gasteiger partial charge on any atom is -0.383 e. The van der Waals surface area contributed by atoms with E-state index in [0.29, 0.717) is 43.2 Å². The Morgan fingerprint density at radius 2 is 2.08 bits per heavy atom. The fourth-order valence-corrected chi connectivity index (χ4v) is 5.28. The van der Waals surface area contributed by atoms with Gasteiger partial charge in [0, 0.05) is 58.9 Å². The van der Waals surface area contributed by atoms with Gasteiger partial charge in [-0.05, 0) is 31.0 Å². The fourth-order valence-electron chi connectivity index (χ4n) is 4.44. The van der Waals surface area contributed by atoms with Crippen LogP contribution in [0.1, 0.15) is 39.8 Å². The maximum atomic E-state index is 13.1. The van der Waals surface area contributed by atoms with E-state index >= 15 is 0 Å². The van der Waals surface area contributed by atoms with Crippen molar-refractivity contribution in [3.05, 3.63) is 40.4 Å². The molecule has 0 spiro atoms. The lowest BCUT2D eigenvalue weighted by Crippen LogP contribution is -2.40. The van der Waals surface area contributed by atoms with Gasteiger partial charge in [0.15, 0.2) is 5.13 Å². The number of carbonyl (C=O) groups is 2. The zero-order valence-electron chi connectivity index (χ0n) is 21.1. The van der Waals surface area contributed by atoms with Gasteiger partial charge in [-0.1, -0.05) is 6.07 Å². The number of carbonyl (C=O) groups excluding carboxylic acids is 2. The van der Waals surface area contributed by atoms with E-state index in [1.54, 1.807) is 25.7 Å². The summed E-state index contributed by atoms with van der Waals surface area (Å²) in [5, 5.41) is 8.30. The first-order valence-corrected chi connectivity index (χ1v) is 13.1. The van der Waals surface area contributed by atoms with E-state index in [4.69, 9.17) is 14.2 Å². The monoisotopic (exact) mass is 517 g/mol. The summed E-state index contributed by atoms with van der Waals surface area (Å²) in [6, 6.07) is 5.59. The second-order valence-corrected chi connectivity index (χ2v) is 9.94. The van der Waals surface area contributed by atoms with Crippen LogP contribution in [0, 0.1) is 0 Å². The number of morpholine rings is 1. The highest BCUT2D eigenvalue weighted by molar-refractivity contribution is 7.14. The molecule has 2 saturated heterocycles. The first kappa shape index (κ1) is 26.5. The van der Waals surface area contributed by atoms with Crippen LogP contribution >= 0.6 is 11.3 Å². The Hall–Kier alpha value is -2.57. The van der Waals surface area contributed by atoms with Gasteiger partial charge >= 0.3 is 0 Å². The number of hydrogen-bond donors (Lipinski definition) is 2. The minimum atomic E-state index is -0.347. The molecule has 196 valence electrons. The van der Waals surface area contributed by atoms with E-state index in [1.807, 2.05) is 12.1 Å². The lowest BCUT2D eigenvalue weighted by atomic mass is 10.1. The Kier molecular flexibility index (Phi) is 9.27. The van der Waals surface area contributed by atoms with Crippen LogP contribution in [-0.2, 0) is 20.8 Å². The van der Waals surface area contributed by atoms with Crippen molar-refractivity contribution in [1.29, 1.82) is 0 Å². The average molecular weight is 518 g/mol. The predicted molar refractivity (Wildman–Crippen MR) is 139 cm³/mol. The minimum absolute atomic E-state index is 0.179. The summed E-state index contributed by atoms with van der Waals surface area (Å²) in [7, 11) is 3.30. The van der Waals surface area contributed by atoms with E-state index in [0.717, 1.165) is 43.3 Å². The van der Waals surface area contributed by atoms with Crippen LogP contribution in [0.3, 0.4) is 0 Å². The van der Waals surface area contributed by atoms with Crippen molar-refractivity contribution in [2.45, 2.75) is 32.1 Å². The number of thiazole rings is 1. The molecule has 0 saturated carbocycles. The molecule has 2 aliphatic rings. The maximum absolute atomic E-state index is 13.1. The molecular weight excluding hydrogens is 482 g/mol. The van der Waals surface area contributed by atoms with E-state index < -0.39 is 0 Å². The van der Waals surface area contributed by atoms with Crippen molar-refractivity contribution >= 4 is 34.0 Å². The lowest BCUT2D eigenvalue weighted by molar-refractivity contribution is -0.0212. The standard InChI is InChI=1S/C25H35N5O5S/c1-17-13-29(9-11-35-17)14-18-4-5-21(20(12-18)23(31)26-7-10-33-2)27-24(32)22-16-36-25(28-22)30-8-6-19(15-30)34-3/h4-5,12,16-17,19H,6-11,13-15H2,1-3H3,(H,26,31)(H,27,32)/t17-,19-/m0/s1. The Morgan fingerprint density at radius 1 is 1.22 bits per heavy atom. The highest BCUT2D eigenvalue weighted by Crippen LogP contribution is 2.26. The number of methoxy groups -OCH3 is 2. The molecule has 2 atom stereocenters. The largest absolute Gasteiger partial charge is 0.383 e. The van der Waals surface area contributed by atoms with Gasteiger partial charge in [0.2, 0.25) is 0 Å². The average Bonchev–Trinajstić information content (AvgIpc) is 3.55. The van der Waals surface area contributed by atoms with Crippen LogP contribution < -0.4 is 15.5 Å². The predicted octanol–water partition coefficient (Wildman–Crippen LogP) is 2.22. The van der Waals surface area contributed by atoms with Gasteiger partial charge in [0.05, 0.1) is 36.7 Å². The number of anilines is 2. The molecule has 2 N–H and O–H groups in total. The summed E-state index contributed by atoms with van der Waals surface area (Å²) < 4.78 is 16.1. The number of aromatic nitrogens is 1. The van der Waals surface area contributed by atoms with Gasteiger partial charge in [-0.25, -0.2) is 4.98 Å². The van der Waals surface area contributed by atoms with E-state index in [9.17, 15) is 9.59 Å². The van der Waals surface area contributed by atoms with Gasteiger partial charge in [-0.15, -0.1) is 11.3 Å². The number of amides is 2. The topological polar surface area (TPSA) is 105 Å². The number of hydrogen-bond acceptors (Lipinski definition) is 9. The number of nitrogens with zero attached hydrogens (tertiary/aromatic N) is 3. The first-order chi connectivity index (χ1) is 17.5. The summed E-state index contributed by atoms with van der Waals surface area (Å²) >= 11 is 1.43. The molecule has 2 aliphatic heterocycles. The molecule has 2 amide bonds. The van der Waals surface area contributed by atoms with Crippen LogP contribution in [0.4, 0.5) is 10.8 Å². The highest BCUT2D eigenvalue weighted by Gasteiger charge is 2.25. The fraction of sp³-hybridized carbons (Fsp3) is 0.560. The molecule has 2 aromatic rings. The molecule has 1 aromatic carbocycles. The van der Waals surface area contributed by atoms with Crippen LogP contribution in [0.5, 0.6) is 0 Å². The van der Waals surface area contributed by atoms with E-state index in [2.05, 4.69) is 32.3 Å². The number of ether oxygens (including phenoxy) is 3. The van der Waals surface area contributed by atoms with Crippen molar-refractivity contribution in [2.75, 3.05) is 70.4 Å². The zero-order chi connectivity index (χ0) is 25.5. The third-order valence-corrected chi connectivity index (χ3v) is 7.27. The number of rotatable bonds is 10. The molecule has 0 aliphatic carbocycles. The number of benzene rings is 1. The lowest BCUT2D eigenvalue weighted by Gasteiger charge is -2.31. The van der Waals surface area contributed by atoms with Crippen molar-refractivity contribution in [2.24, 2.45) is 0 Å². The molecule has 2 fully saturated rings. The Balaban J connectivity index is 1.48. The second kappa shape index (κ2) is 12.6. The van der Waals surface area contributed by atoms with Gasteiger partial charge in [0.1, 0.15) is 5.69 Å². The quantitative estimate of drug-likeness (QED) is 0.463. The Morgan fingerprint density at radius 3 is 2.83 bits per heavy atom. The van der Waals surface area contributed by atoms with Crippen LogP contribution in [0.25, 0.3) is 0 Å². The third kappa shape index (κ3) is 6.80. The number of nitrogens with one attached hydrogen (secondary N) is 2. The van der Waals surface area contributed by atoms with Crippen LogP contribution in [0.2, 0.25) is 0 Å². The van der Waals surface area contributed by atoms with Gasteiger partial charge in [-0.3, -0.25) is 14.5 Å². The summed E-state index contributed by atoms with van der Waals surface area (Å²) in [6.07, 6.45) is 1.30. The molecule has 10 nitrogen and oxygen atoms in total. The van der Waals surface area contributed by atoms with Gasteiger partial charge < -0.3 is 29.7 Å².